The van der Waals surface area contributed by atoms with Gasteiger partial charge in [0.1, 0.15) is 96.7 Å². The molecule has 4 aliphatic rings. The maximum absolute atomic E-state index is 12.7. The quantitative estimate of drug-likeness (QED) is 0.0352. The second-order valence-electron chi connectivity index (χ2n) is 20.1. The number of anilines is 2. The molecule has 4 aliphatic heterocycles. The summed E-state index contributed by atoms with van der Waals surface area (Å²) in [7, 11) is 0. The molecule has 26 heteroatoms. The normalized spacial score (nSPS) is 37.9. The molecule has 18 N–H and O–H groups in total. The Hall–Kier alpha value is -2.72. The van der Waals surface area contributed by atoms with Crippen LogP contribution in [0.5, 0.6) is 0 Å². The summed E-state index contributed by atoms with van der Waals surface area (Å²) in [6.45, 7) is -4.61. The van der Waals surface area contributed by atoms with Gasteiger partial charge in [0.25, 0.3) is 0 Å². The average Bonchev–Trinajstić information content (AvgIpc) is 3.40. The van der Waals surface area contributed by atoms with Crippen LogP contribution in [-0.4, -0.2) is 240 Å². The van der Waals surface area contributed by atoms with Crippen molar-refractivity contribution in [3.05, 3.63) is 48.5 Å². The van der Waals surface area contributed by atoms with Gasteiger partial charge in [-0.1, -0.05) is 74.9 Å². The molecule has 0 saturated carbocycles. The van der Waals surface area contributed by atoms with Gasteiger partial charge in [-0.3, -0.25) is 9.59 Å². The zero-order chi connectivity index (χ0) is 55.6. The van der Waals surface area contributed by atoms with Crippen LogP contribution in [0.4, 0.5) is 11.4 Å². The van der Waals surface area contributed by atoms with Crippen LogP contribution in [0.3, 0.4) is 0 Å². The van der Waals surface area contributed by atoms with Gasteiger partial charge in [0, 0.05) is 34.0 Å². The van der Waals surface area contributed by atoms with Crippen molar-refractivity contribution in [2.75, 3.05) is 50.3 Å². The minimum Gasteiger partial charge on any atom is -0.394 e. The van der Waals surface area contributed by atoms with Crippen LogP contribution < -0.4 is 10.6 Å². The molecule has 0 bridgehead atoms. The number of hydrogen-bond donors (Lipinski definition) is 18. The number of amides is 2. The molecule has 2 aromatic carbocycles. The SMILES string of the molecule is O=C(CCCCCCCCCCCCC(=O)Nc1ccc(S[C@@]2(O)[C@H](O)[C@](O)([C@@H]3O[C@H](CO)[C@@H](O)[C@H](O)[C@H]3O)CO[C@@H]2CO)cc1)Nc1ccc(S[C@@]2(O)[C@H](O)[C@](O)([C@@H]3O[C@H](CO)[C@@H](O)[C@H](O)[C@H]3O)CO[C@@H]2CO)cc1. The third-order valence-electron chi connectivity index (χ3n) is 14.7. The highest BCUT2D eigenvalue weighted by Gasteiger charge is 2.67. The zero-order valence-electron chi connectivity index (χ0n) is 41.9. The fourth-order valence-electron chi connectivity index (χ4n) is 10.1. The van der Waals surface area contributed by atoms with Crippen molar-refractivity contribution in [1.82, 2.24) is 0 Å². The minimum absolute atomic E-state index is 0.192. The summed E-state index contributed by atoms with van der Waals surface area (Å²) in [6.07, 6.45) is -14.9. The van der Waals surface area contributed by atoms with E-state index < -0.39 is 146 Å². The molecule has 0 aromatic heterocycles. The van der Waals surface area contributed by atoms with E-state index in [4.69, 9.17) is 18.9 Å². The zero-order valence-corrected chi connectivity index (χ0v) is 43.5. The number of carbonyl (C=O) groups is 2. The summed E-state index contributed by atoms with van der Waals surface area (Å²) < 4.78 is 22.0. The third kappa shape index (κ3) is 14.1. The largest absolute Gasteiger partial charge is 0.394 e. The highest BCUT2D eigenvalue weighted by atomic mass is 32.2. The predicted octanol–water partition coefficient (Wildman–Crippen LogP) is -2.84. The van der Waals surface area contributed by atoms with E-state index in [1.54, 1.807) is 48.5 Å². The lowest BCUT2D eigenvalue weighted by Gasteiger charge is -2.55. The Morgan fingerprint density at radius 2 is 0.776 bits per heavy atom. The first kappa shape index (κ1) is 62.5. The molecule has 18 atom stereocenters. The second kappa shape index (κ2) is 27.6. The number of aliphatic hydroxyl groups excluding tert-OH is 12. The number of unbranched alkanes of at least 4 members (excludes halogenated alkanes) is 9. The highest BCUT2D eigenvalue weighted by Crippen LogP contribution is 2.49. The number of ether oxygens (including phenoxy) is 4. The molecule has 4 heterocycles. The summed E-state index contributed by atoms with van der Waals surface area (Å²) in [6, 6.07) is 12.5. The number of hydrogen-bond acceptors (Lipinski definition) is 24. The first-order valence-corrected chi connectivity index (χ1v) is 27.2. The summed E-state index contributed by atoms with van der Waals surface area (Å²) >= 11 is 1.29. The van der Waals surface area contributed by atoms with Crippen LogP contribution in [-0.2, 0) is 28.5 Å². The van der Waals surface area contributed by atoms with E-state index in [-0.39, 0.29) is 11.8 Å². The number of benzene rings is 2. The van der Waals surface area contributed by atoms with Crippen LogP contribution in [0.1, 0.15) is 77.0 Å². The van der Waals surface area contributed by atoms with Gasteiger partial charge in [-0.15, -0.1) is 0 Å². The van der Waals surface area contributed by atoms with E-state index in [1.807, 2.05) is 0 Å². The number of thioether (sulfide) groups is 2. The van der Waals surface area contributed by atoms with E-state index in [0.717, 1.165) is 51.4 Å². The van der Waals surface area contributed by atoms with Crippen LogP contribution in [0.2, 0.25) is 0 Å². The number of nitrogens with one attached hydrogen (secondary N) is 2. The van der Waals surface area contributed by atoms with Crippen molar-refractivity contribution in [2.24, 2.45) is 0 Å². The average molecular weight is 1120 g/mol. The first-order chi connectivity index (χ1) is 36.1. The van der Waals surface area contributed by atoms with Gasteiger partial charge in [-0.2, -0.15) is 0 Å². The van der Waals surface area contributed by atoms with Gasteiger partial charge in [-0.25, -0.2) is 0 Å². The summed E-state index contributed by atoms with van der Waals surface area (Å²) in [5, 5.41) is 176. The van der Waals surface area contributed by atoms with Crippen LogP contribution in [0.15, 0.2) is 58.3 Å². The van der Waals surface area contributed by atoms with Crippen LogP contribution in [0.25, 0.3) is 0 Å². The Bertz CT molecular complexity index is 1990. The molecular formula is C50H76N2O22S2. The highest BCUT2D eigenvalue weighted by molar-refractivity contribution is 8.00. The standard InChI is InChI=1S/C50H76N2O22S2/c53-21-31-37(59)39(61)41(63)43(73-31)47(67)25-71-33(23-55)49(69,45(47)65)75-29-17-13-27(14-18-29)51-35(57)11-9-7-5-3-1-2-4-6-8-10-12-36(58)52-28-15-19-30(20-16-28)76-50(70)34(24-56)72-26-48(68,46(50)66)44-42(64)40(62)38(60)32(22-54)74-44/h13-20,31-34,37-46,53-56,59-70H,1-12,21-26H2,(H,51,57)(H,52,58)/t31-,32-,33-,34-,37-,38-,39+,40+,41-,42-,43-,44-,45-,46-,47-,48-,49-,50-/m1/s1. The smallest absolute Gasteiger partial charge is 0.224 e. The van der Waals surface area contributed by atoms with E-state index in [2.05, 4.69) is 10.6 Å². The van der Waals surface area contributed by atoms with Crippen molar-refractivity contribution in [3.63, 3.8) is 0 Å². The van der Waals surface area contributed by atoms with E-state index in [1.165, 1.54) is 0 Å². The van der Waals surface area contributed by atoms with Crippen LogP contribution >= 0.6 is 23.5 Å². The van der Waals surface area contributed by atoms with Crippen LogP contribution in [0, 0.1) is 0 Å². The van der Waals surface area contributed by atoms with Gasteiger partial charge in [0.05, 0.1) is 39.6 Å². The molecule has 0 unspecified atom stereocenters. The first-order valence-electron chi connectivity index (χ1n) is 25.6. The summed E-state index contributed by atoms with van der Waals surface area (Å²) in [5.41, 5.74) is -4.20. The molecule has 24 nitrogen and oxygen atoms in total. The number of aliphatic hydroxyl groups is 16. The van der Waals surface area contributed by atoms with E-state index >= 15 is 0 Å². The van der Waals surface area contributed by atoms with E-state index in [9.17, 15) is 91.3 Å². The molecule has 4 fully saturated rings. The summed E-state index contributed by atoms with van der Waals surface area (Å²) in [5.74, 6) is -0.383. The molecule has 0 spiro atoms. The Morgan fingerprint density at radius 1 is 0.461 bits per heavy atom. The monoisotopic (exact) mass is 1120 g/mol. The minimum atomic E-state index is -2.57. The lowest BCUT2D eigenvalue weighted by Crippen LogP contribution is -2.76. The molecule has 4 saturated heterocycles. The topological polar surface area (TPSA) is 419 Å². The molecule has 0 aliphatic carbocycles. The van der Waals surface area contributed by atoms with Gasteiger partial charge in [0.15, 0.2) is 9.87 Å². The van der Waals surface area contributed by atoms with Gasteiger partial charge in [0.2, 0.25) is 11.8 Å². The van der Waals surface area contributed by atoms with E-state index in [0.29, 0.717) is 70.4 Å². The molecule has 2 aromatic rings. The molecule has 0 radical (unpaired) electrons. The van der Waals surface area contributed by atoms with Gasteiger partial charge in [-0.05, 0) is 61.4 Å². The number of rotatable bonds is 25. The Morgan fingerprint density at radius 3 is 1.08 bits per heavy atom. The summed E-state index contributed by atoms with van der Waals surface area (Å²) in [4.78, 5) is 21.2. The van der Waals surface area contributed by atoms with Crippen molar-refractivity contribution in [1.29, 1.82) is 0 Å². The molecular weight excluding hydrogens is 1040 g/mol. The van der Waals surface area contributed by atoms with Gasteiger partial charge < -0.3 is 111 Å². The molecule has 76 heavy (non-hydrogen) atoms. The van der Waals surface area contributed by atoms with Gasteiger partial charge >= 0.3 is 0 Å². The van der Waals surface area contributed by atoms with Crippen molar-refractivity contribution in [3.8, 4) is 0 Å². The maximum atomic E-state index is 12.7. The molecule has 2 amide bonds. The van der Waals surface area contributed by atoms with Crippen molar-refractivity contribution < 1.29 is 110 Å². The molecule has 430 valence electrons. The second-order valence-corrected chi connectivity index (χ2v) is 22.8. The Labute approximate surface area is 447 Å². The predicted molar refractivity (Wildman–Crippen MR) is 270 cm³/mol. The lowest BCUT2D eigenvalue weighted by atomic mass is 9.77. The third-order valence-corrected chi connectivity index (χ3v) is 17.3. The Balaban J connectivity index is 0.827. The van der Waals surface area contributed by atoms with Crippen molar-refractivity contribution in [2.45, 2.75) is 193 Å². The Kier molecular flexibility index (Phi) is 22.7. The fourth-order valence-corrected chi connectivity index (χ4v) is 12.6. The van der Waals surface area contributed by atoms with Crippen molar-refractivity contribution >= 4 is 46.7 Å². The fraction of sp³-hybridized carbons (Fsp3) is 0.720. The maximum Gasteiger partial charge on any atom is 0.224 e. The molecule has 6 rings (SSSR count). The lowest BCUT2D eigenvalue weighted by molar-refractivity contribution is -0.328. The number of carbonyl (C=O) groups excluding carboxylic acids is 2.